The van der Waals surface area contributed by atoms with E-state index in [2.05, 4.69) is 15.9 Å². The summed E-state index contributed by atoms with van der Waals surface area (Å²) < 4.78 is 5.14. The first kappa shape index (κ1) is 12.2. The Morgan fingerprint density at radius 2 is 2.13 bits per heavy atom. The summed E-state index contributed by atoms with van der Waals surface area (Å²) in [5, 5.41) is 0.854. The molecule has 0 amide bonds. The van der Waals surface area contributed by atoms with Crippen LogP contribution in [0.25, 0.3) is 0 Å². The van der Waals surface area contributed by atoms with Crippen LogP contribution in [0.15, 0.2) is 18.2 Å². The van der Waals surface area contributed by atoms with Crippen LogP contribution in [0.1, 0.15) is 27.9 Å². The number of hydrogen-bond acceptors (Lipinski definition) is 2. The highest BCUT2D eigenvalue weighted by Crippen LogP contribution is 2.13. The quantitative estimate of drug-likeness (QED) is 0.477. The molecule has 0 atom stereocenters. The van der Waals surface area contributed by atoms with Gasteiger partial charge in [0.15, 0.2) is 0 Å². The minimum Gasteiger partial charge on any atom is -0.462 e. The Hall–Kier alpha value is -0.830. The topological polar surface area (TPSA) is 26.3 Å². The molecule has 15 heavy (non-hydrogen) atoms. The summed E-state index contributed by atoms with van der Waals surface area (Å²) in [5.74, 6) is -0.225. The molecule has 0 heterocycles. The number of halogens is 1. The van der Waals surface area contributed by atoms with Crippen molar-refractivity contribution in [3.63, 3.8) is 0 Å². The van der Waals surface area contributed by atoms with Gasteiger partial charge >= 0.3 is 5.97 Å². The Bertz CT molecular complexity index is 347. The van der Waals surface area contributed by atoms with Gasteiger partial charge in [-0.2, -0.15) is 0 Å². The number of alkyl halides is 1. The smallest absolute Gasteiger partial charge is 0.338 e. The first-order valence-electron chi connectivity index (χ1n) is 4.96. The lowest BCUT2D eigenvalue weighted by Gasteiger charge is -2.08. The molecule has 82 valence electrons. The van der Waals surface area contributed by atoms with E-state index in [-0.39, 0.29) is 5.97 Å². The first-order chi connectivity index (χ1) is 7.16. The van der Waals surface area contributed by atoms with Gasteiger partial charge in [0.05, 0.1) is 12.2 Å². The van der Waals surface area contributed by atoms with Gasteiger partial charge in [-0.3, -0.25) is 0 Å². The molecule has 1 aromatic rings. The number of ether oxygens (including phenoxy) is 1. The normalized spacial score (nSPS) is 10.1. The van der Waals surface area contributed by atoms with Crippen LogP contribution in [-0.4, -0.2) is 17.9 Å². The molecular formula is C12H15BrO2. The van der Waals surface area contributed by atoms with E-state index in [1.807, 2.05) is 26.0 Å². The average Bonchev–Trinajstić information content (AvgIpc) is 2.22. The maximum absolute atomic E-state index is 11.7. The summed E-state index contributed by atoms with van der Waals surface area (Å²) >= 11 is 3.29. The number of benzene rings is 1. The van der Waals surface area contributed by atoms with E-state index in [1.54, 1.807) is 6.07 Å². The molecule has 0 spiro atoms. The summed E-state index contributed by atoms with van der Waals surface area (Å²) in [7, 11) is 0. The van der Waals surface area contributed by atoms with Crippen LogP contribution in [-0.2, 0) is 4.74 Å². The minimum absolute atomic E-state index is 0.225. The molecule has 0 saturated carbocycles. The van der Waals surface area contributed by atoms with E-state index in [0.717, 1.165) is 22.9 Å². The fraction of sp³-hybridized carbons (Fsp3) is 0.417. The summed E-state index contributed by atoms with van der Waals surface area (Å²) in [6.07, 6.45) is 0.844. The molecule has 0 aliphatic heterocycles. The Kier molecular flexibility index (Phi) is 4.82. The second kappa shape index (κ2) is 5.91. The van der Waals surface area contributed by atoms with Crippen molar-refractivity contribution in [2.24, 2.45) is 0 Å². The van der Waals surface area contributed by atoms with Gasteiger partial charge in [0.2, 0.25) is 0 Å². The van der Waals surface area contributed by atoms with Gasteiger partial charge in [-0.05, 0) is 37.5 Å². The highest BCUT2D eigenvalue weighted by atomic mass is 79.9. The maximum Gasteiger partial charge on any atom is 0.338 e. The predicted octanol–water partition coefficient (Wildman–Crippen LogP) is 3.25. The molecule has 0 aliphatic carbocycles. The van der Waals surface area contributed by atoms with Crippen molar-refractivity contribution in [1.82, 2.24) is 0 Å². The fourth-order valence-corrected chi connectivity index (χ4v) is 1.50. The summed E-state index contributed by atoms with van der Waals surface area (Å²) in [5.41, 5.74) is 2.79. The van der Waals surface area contributed by atoms with E-state index >= 15 is 0 Å². The van der Waals surface area contributed by atoms with Crippen LogP contribution >= 0.6 is 15.9 Å². The lowest BCUT2D eigenvalue weighted by atomic mass is 10.0. The third-order valence-corrected chi connectivity index (χ3v) is 2.90. The lowest BCUT2D eigenvalue weighted by molar-refractivity contribution is 0.0505. The molecule has 0 N–H and O–H groups in total. The van der Waals surface area contributed by atoms with Crippen LogP contribution in [0.3, 0.4) is 0 Å². The van der Waals surface area contributed by atoms with Crippen molar-refractivity contribution < 1.29 is 9.53 Å². The van der Waals surface area contributed by atoms with Crippen LogP contribution < -0.4 is 0 Å². The molecular weight excluding hydrogens is 256 g/mol. The largest absolute Gasteiger partial charge is 0.462 e. The lowest BCUT2D eigenvalue weighted by Crippen LogP contribution is -2.09. The van der Waals surface area contributed by atoms with Crippen LogP contribution in [0.2, 0.25) is 0 Å². The van der Waals surface area contributed by atoms with Crippen molar-refractivity contribution in [3.8, 4) is 0 Å². The first-order valence-corrected chi connectivity index (χ1v) is 6.08. The maximum atomic E-state index is 11.7. The Morgan fingerprint density at radius 3 is 2.80 bits per heavy atom. The highest BCUT2D eigenvalue weighted by molar-refractivity contribution is 9.09. The van der Waals surface area contributed by atoms with E-state index < -0.39 is 0 Å². The molecule has 0 radical (unpaired) electrons. The van der Waals surface area contributed by atoms with Gasteiger partial charge < -0.3 is 4.74 Å². The van der Waals surface area contributed by atoms with Gasteiger partial charge in [0.1, 0.15) is 0 Å². The SMILES string of the molecule is Cc1cccc(C(=O)OCCCBr)c1C. The van der Waals surface area contributed by atoms with Crippen molar-refractivity contribution in [2.45, 2.75) is 20.3 Å². The monoisotopic (exact) mass is 270 g/mol. The second-order valence-electron chi connectivity index (χ2n) is 3.43. The zero-order valence-corrected chi connectivity index (χ0v) is 10.6. The molecule has 0 saturated heterocycles. The van der Waals surface area contributed by atoms with E-state index in [1.165, 1.54) is 0 Å². The van der Waals surface area contributed by atoms with Crippen molar-refractivity contribution in [3.05, 3.63) is 34.9 Å². The summed E-state index contributed by atoms with van der Waals surface area (Å²) in [4.78, 5) is 11.7. The number of carbonyl (C=O) groups excluding carboxylic acids is 1. The summed E-state index contributed by atoms with van der Waals surface area (Å²) in [6, 6.07) is 5.67. The molecule has 0 aliphatic rings. The van der Waals surface area contributed by atoms with Gasteiger partial charge in [-0.15, -0.1) is 0 Å². The minimum atomic E-state index is -0.225. The molecule has 1 aromatic carbocycles. The average molecular weight is 271 g/mol. The number of rotatable bonds is 4. The van der Waals surface area contributed by atoms with Gasteiger partial charge in [-0.1, -0.05) is 28.1 Å². The van der Waals surface area contributed by atoms with E-state index in [4.69, 9.17) is 4.74 Å². The zero-order chi connectivity index (χ0) is 11.3. The number of aryl methyl sites for hydroxylation is 1. The van der Waals surface area contributed by atoms with E-state index in [9.17, 15) is 4.79 Å². The predicted molar refractivity (Wildman–Crippen MR) is 64.6 cm³/mol. The molecule has 0 aromatic heterocycles. The molecule has 0 bridgehead atoms. The van der Waals surface area contributed by atoms with Crippen LogP contribution in [0.5, 0.6) is 0 Å². The molecule has 2 nitrogen and oxygen atoms in total. The van der Waals surface area contributed by atoms with Crippen LogP contribution in [0.4, 0.5) is 0 Å². The number of hydrogen-bond donors (Lipinski definition) is 0. The highest BCUT2D eigenvalue weighted by Gasteiger charge is 2.10. The third kappa shape index (κ3) is 3.34. The fourth-order valence-electron chi connectivity index (χ4n) is 1.27. The van der Waals surface area contributed by atoms with Gasteiger partial charge in [-0.25, -0.2) is 4.79 Å². The van der Waals surface area contributed by atoms with Crippen molar-refractivity contribution >= 4 is 21.9 Å². The standard InChI is InChI=1S/C12H15BrO2/c1-9-5-3-6-11(10(9)2)12(14)15-8-4-7-13/h3,5-6H,4,7-8H2,1-2H3. The number of carbonyl (C=O) groups is 1. The Morgan fingerprint density at radius 1 is 1.40 bits per heavy atom. The van der Waals surface area contributed by atoms with Gasteiger partial charge in [0.25, 0.3) is 0 Å². The van der Waals surface area contributed by atoms with Gasteiger partial charge in [0, 0.05) is 5.33 Å². The second-order valence-corrected chi connectivity index (χ2v) is 4.22. The Balaban J connectivity index is 2.69. The number of esters is 1. The summed E-state index contributed by atoms with van der Waals surface area (Å²) in [6.45, 7) is 4.40. The Labute approximate surface area is 98.8 Å². The zero-order valence-electron chi connectivity index (χ0n) is 9.05. The van der Waals surface area contributed by atoms with Crippen molar-refractivity contribution in [1.29, 1.82) is 0 Å². The molecule has 3 heteroatoms. The molecule has 0 unspecified atom stereocenters. The third-order valence-electron chi connectivity index (χ3n) is 2.34. The van der Waals surface area contributed by atoms with Crippen LogP contribution in [0, 0.1) is 13.8 Å². The molecule has 1 rings (SSSR count). The molecule has 0 fully saturated rings. The van der Waals surface area contributed by atoms with Crippen molar-refractivity contribution in [2.75, 3.05) is 11.9 Å². The van der Waals surface area contributed by atoms with E-state index in [0.29, 0.717) is 12.2 Å².